The zero-order valence-electron chi connectivity index (χ0n) is 15.6. The summed E-state index contributed by atoms with van der Waals surface area (Å²) in [6, 6.07) is 14.7. The number of ether oxygens (including phenoxy) is 2. The number of nitrogens with one attached hydrogen (secondary N) is 1. The van der Waals surface area contributed by atoms with Gasteiger partial charge in [-0.05, 0) is 29.7 Å². The molecule has 7 heteroatoms. The third-order valence-electron chi connectivity index (χ3n) is 3.98. The van der Waals surface area contributed by atoms with Crippen LogP contribution in [0.15, 0.2) is 54.6 Å². The van der Waals surface area contributed by atoms with Gasteiger partial charge in [0, 0.05) is 6.42 Å². The molecule has 0 spiro atoms. The number of alkyl halides is 2. The minimum Gasteiger partial charge on any atom is -0.456 e. The Kier molecular flexibility index (Phi) is 8.39. The van der Waals surface area contributed by atoms with Crippen LogP contribution in [0, 0.1) is 0 Å². The summed E-state index contributed by atoms with van der Waals surface area (Å²) in [7, 11) is 0. The molecule has 1 atom stereocenters. The van der Waals surface area contributed by atoms with Gasteiger partial charge in [-0.3, -0.25) is 9.59 Å². The van der Waals surface area contributed by atoms with Gasteiger partial charge >= 0.3 is 12.6 Å². The predicted molar refractivity (Wildman–Crippen MR) is 100.0 cm³/mol. The van der Waals surface area contributed by atoms with Gasteiger partial charge in [-0.1, -0.05) is 55.8 Å². The summed E-state index contributed by atoms with van der Waals surface area (Å²) in [5.74, 6) is -0.838. The van der Waals surface area contributed by atoms with E-state index >= 15 is 0 Å². The fraction of sp³-hybridized carbons (Fsp3) is 0.333. The van der Waals surface area contributed by atoms with Gasteiger partial charge in [0.2, 0.25) is 0 Å². The van der Waals surface area contributed by atoms with Gasteiger partial charge in [0.1, 0.15) is 5.75 Å². The second-order valence-corrected chi connectivity index (χ2v) is 6.12. The second kappa shape index (κ2) is 11.0. The highest BCUT2D eigenvalue weighted by Gasteiger charge is 2.18. The standard InChI is InChI=1S/C21H23F2NO4/c1-2-3-9-19(26)27-14-18(25)24-20(15-7-5-4-6-8-15)16-10-12-17(13-11-16)28-21(22)23/h4-8,10-13,20-21H,2-3,9,14H2,1H3,(H,24,25)/t20-/m0/s1. The summed E-state index contributed by atoms with van der Waals surface area (Å²) in [5, 5.41) is 2.82. The molecule has 2 rings (SSSR count). The molecular formula is C21H23F2NO4. The molecule has 0 heterocycles. The average molecular weight is 391 g/mol. The van der Waals surface area contributed by atoms with Crippen LogP contribution in [-0.2, 0) is 14.3 Å². The van der Waals surface area contributed by atoms with E-state index in [0.29, 0.717) is 12.0 Å². The van der Waals surface area contributed by atoms with Crippen LogP contribution >= 0.6 is 0 Å². The van der Waals surface area contributed by atoms with E-state index in [0.717, 1.165) is 12.0 Å². The molecule has 0 saturated carbocycles. The Morgan fingerprint density at radius 2 is 1.64 bits per heavy atom. The Morgan fingerprint density at radius 3 is 2.25 bits per heavy atom. The summed E-state index contributed by atoms with van der Waals surface area (Å²) >= 11 is 0. The highest BCUT2D eigenvalue weighted by atomic mass is 19.3. The quantitative estimate of drug-likeness (QED) is 0.616. The Balaban J connectivity index is 2.08. The zero-order valence-corrected chi connectivity index (χ0v) is 15.6. The SMILES string of the molecule is CCCCC(=O)OCC(=O)N[C@@H](c1ccccc1)c1ccc(OC(F)F)cc1. The summed E-state index contributed by atoms with van der Waals surface area (Å²) < 4.78 is 34.0. The van der Waals surface area contributed by atoms with Crippen molar-refractivity contribution in [2.24, 2.45) is 0 Å². The fourth-order valence-electron chi connectivity index (χ4n) is 2.59. The number of unbranched alkanes of at least 4 members (excludes halogenated alkanes) is 1. The van der Waals surface area contributed by atoms with Crippen LogP contribution in [0.4, 0.5) is 8.78 Å². The van der Waals surface area contributed by atoms with E-state index in [2.05, 4.69) is 10.1 Å². The van der Waals surface area contributed by atoms with E-state index in [4.69, 9.17) is 4.74 Å². The Bertz CT molecular complexity index is 751. The van der Waals surface area contributed by atoms with Crippen LogP contribution in [0.3, 0.4) is 0 Å². The molecule has 2 aromatic rings. The van der Waals surface area contributed by atoms with Crippen LogP contribution in [-0.4, -0.2) is 25.1 Å². The van der Waals surface area contributed by atoms with Gasteiger partial charge in [-0.25, -0.2) is 0 Å². The van der Waals surface area contributed by atoms with Crippen molar-refractivity contribution >= 4 is 11.9 Å². The Morgan fingerprint density at radius 1 is 1.00 bits per heavy atom. The first-order chi connectivity index (χ1) is 13.5. The number of amides is 1. The van der Waals surface area contributed by atoms with Crippen LogP contribution in [0.5, 0.6) is 5.75 Å². The van der Waals surface area contributed by atoms with Crippen molar-refractivity contribution in [2.75, 3.05) is 6.61 Å². The lowest BCUT2D eigenvalue weighted by Gasteiger charge is -2.20. The Labute approximate surface area is 162 Å². The van der Waals surface area contributed by atoms with Gasteiger partial charge in [-0.15, -0.1) is 0 Å². The topological polar surface area (TPSA) is 64.6 Å². The highest BCUT2D eigenvalue weighted by molar-refractivity contribution is 5.81. The van der Waals surface area contributed by atoms with Crippen molar-refractivity contribution < 1.29 is 27.8 Å². The van der Waals surface area contributed by atoms with Crippen molar-refractivity contribution in [2.45, 2.75) is 38.8 Å². The molecule has 1 N–H and O–H groups in total. The van der Waals surface area contributed by atoms with Crippen LogP contribution in [0.1, 0.15) is 43.4 Å². The summed E-state index contributed by atoms with van der Waals surface area (Å²) in [4.78, 5) is 23.9. The number of rotatable bonds is 10. The van der Waals surface area contributed by atoms with Gasteiger partial charge in [0.25, 0.3) is 5.91 Å². The smallest absolute Gasteiger partial charge is 0.387 e. The van der Waals surface area contributed by atoms with E-state index < -0.39 is 24.5 Å². The van der Waals surface area contributed by atoms with Crippen molar-refractivity contribution in [1.29, 1.82) is 0 Å². The van der Waals surface area contributed by atoms with E-state index in [1.807, 2.05) is 37.3 Å². The largest absolute Gasteiger partial charge is 0.456 e. The lowest BCUT2D eigenvalue weighted by molar-refractivity contribution is -0.148. The van der Waals surface area contributed by atoms with Crippen molar-refractivity contribution in [1.82, 2.24) is 5.32 Å². The summed E-state index contributed by atoms with van der Waals surface area (Å²) in [5.41, 5.74) is 1.48. The molecule has 0 bridgehead atoms. The molecule has 150 valence electrons. The van der Waals surface area contributed by atoms with Crippen molar-refractivity contribution in [3.05, 3.63) is 65.7 Å². The van der Waals surface area contributed by atoms with Gasteiger partial charge in [0.15, 0.2) is 6.61 Å². The van der Waals surface area contributed by atoms with E-state index in [1.165, 1.54) is 12.1 Å². The first-order valence-electron chi connectivity index (χ1n) is 9.04. The highest BCUT2D eigenvalue weighted by Crippen LogP contribution is 2.24. The number of esters is 1. The van der Waals surface area contributed by atoms with Crippen LogP contribution in [0.25, 0.3) is 0 Å². The van der Waals surface area contributed by atoms with Crippen LogP contribution < -0.4 is 10.1 Å². The number of hydrogen-bond acceptors (Lipinski definition) is 4. The number of carbonyl (C=O) groups is 2. The van der Waals surface area contributed by atoms with Gasteiger partial charge in [0.05, 0.1) is 6.04 Å². The molecule has 0 radical (unpaired) electrons. The summed E-state index contributed by atoms with van der Waals surface area (Å²) in [6.45, 7) is -1.32. The lowest BCUT2D eigenvalue weighted by atomic mass is 9.98. The molecule has 5 nitrogen and oxygen atoms in total. The Hall–Kier alpha value is -2.96. The number of halogens is 2. The maximum Gasteiger partial charge on any atom is 0.387 e. The number of benzene rings is 2. The monoisotopic (exact) mass is 391 g/mol. The predicted octanol–water partition coefficient (Wildman–Crippen LogP) is 4.23. The van der Waals surface area contributed by atoms with Crippen molar-refractivity contribution in [3.63, 3.8) is 0 Å². The molecule has 0 aliphatic carbocycles. The fourth-order valence-corrected chi connectivity index (χ4v) is 2.59. The summed E-state index contributed by atoms with van der Waals surface area (Å²) in [6.07, 6.45) is 1.85. The lowest BCUT2D eigenvalue weighted by Crippen LogP contribution is -2.33. The zero-order chi connectivity index (χ0) is 20.4. The van der Waals surface area contributed by atoms with E-state index in [-0.39, 0.29) is 18.8 Å². The first kappa shape index (κ1) is 21.3. The molecular weight excluding hydrogens is 368 g/mol. The number of hydrogen-bond donors (Lipinski definition) is 1. The van der Waals surface area contributed by atoms with Gasteiger partial charge in [-0.2, -0.15) is 8.78 Å². The maximum atomic E-state index is 12.3. The normalized spacial score (nSPS) is 11.7. The second-order valence-electron chi connectivity index (χ2n) is 6.12. The molecule has 1 amide bonds. The molecule has 0 aliphatic heterocycles. The van der Waals surface area contributed by atoms with E-state index in [1.54, 1.807) is 12.1 Å². The molecule has 0 unspecified atom stereocenters. The molecule has 0 aromatic heterocycles. The van der Waals surface area contributed by atoms with Gasteiger partial charge < -0.3 is 14.8 Å². The third kappa shape index (κ3) is 6.98. The number of carbonyl (C=O) groups excluding carboxylic acids is 2. The molecule has 2 aromatic carbocycles. The minimum absolute atomic E-state index is 0.0294. The maximum absolute atomic E-state index is 12.3. The molecule has 0 saturated heterocycles. The molecule has 0 fully saturated rings. The first-order valence-corrected chi connectivity index (χ1v) is 9.04. The molecule has 0 aliphatic rings. The minimum atomic E-state index is -2.90. The van der Waals surface area contributed by atoms with Crippen molar-refractivity contribution in [3.8, 4) is 5.75 Å². The van der Waals surface area contributed by atoms with Crippen LogP contribution in [0.2, 0.25) is 0 Å². The average Bonchev–Trinajstić information content (AvgIpc) is 2.70. The third-order valence-corrected chi connectivity index (χ3v) is 3.98. The van der Waals surface area contributed by atoms with E-state index in [9.17, 15) is 18.4 Å². The molecule has 28 heavy (non-hydrogen) atoms.